The van der Waals surface area contributed by atoms with Crippen molar-refractivity contribution in [3.63, 3.8) is 0 Å². The van der Waals surface area contributed by atoms with Crippen LogP contribution in [-0.2, 0) is 11.8 Å². The smallest absolute Gasteiger partial charge is 0.0379 e. The molecule has 1 heteroatoms. The molecule has 0 aromatic heterocycles. The van der Waals surface area contributed by atoms with E-state index in [1.165, 1.54) is 29.5 Å². The van der Waals surface area contributed by atoms with Gasteiger partial charge in [0.25, 0.3) is 0 Å². The fourth-order valence-electron chi connectivity index (χ4n) is 2.53. The first-order valence-electron chi connectivity index (χ1n) is 5.41. The minimum absolute atomic E-state index is 0.315. The molecule has 0 heterocycles. The highest BCUT2D eigenvalue weighted by molar-refractivity contribution is 5.59. The van der Waals surface area contributed by atoms with Crippen molar-refractivity contribution in [2.75, 3.05) is 5.73 Å². The predicted octanol–water partition coefficient (Wildman–Crippen LogP) is 3.19. The Morgan fingerprint density at radius 3 is 2.71 bits per heavy atom. The third kappa shape index (κ3) is 1.31. The summed E-state index contributed by atoms with van der Waals surface area (Å²) in [5, 5.41) is 0. The van der Waals surface area contributed by atoms with Crippen LogP contribution in [0.15, 0.2) is 12.1 Å². The molecular weight excluding hydrogens is 170 g/mol. The first-order valence-corrected chi connectivity index (χ1v) is 5.41. The van der Waals surface area contributed by atoms with E-state index >= 15 is 0 Å². The topological polar surface area (TPSA) is 26.0 Å². The van der Waals surface area contributed by atoms with E-state index in [4.69, 9.17) is 5.73 Å². The highest BCUT2D eigenvalue weighted by Crippen LogP contribution is 2.39. The molecule has 0 saturated carbocycles. The Bertz CT molecular complexity index is 364. The van der Waals surface area contributed by atoms with Crippen LogP contribution in [0.2, 0.25) is 0 Å². The molecule has 1 aliphatic carbocycles. The molecule has 1 aromatic rings. The molecule has 0 amide bonds. The second kappa shape index (κ2) is 3.01. The normalized spacial score (nSPS) is 19.1. The summed E-state index contributed by atoms with van der Waals surface area (Å²) in [5.41, 5.74) is 11.6. The van der Waals surface area contributed by atoms with Crippen molar-refractivity contribution in [2.45, 2.75) is 45.4 Å². The van der Waals surface area contributed by atoms with Crippen LogP contribution < -0.4 is 5.73 Å². The van der Waals surface area contributed by atoms with Gasteiger partial charge in [-0.05, 0) is 48.3 Å². The Morgan fingerprint density at radius 1 is 1.29 bits per heavy atom. The van der Waals surface area contributed by atoms with Gasteiger partial charge >= 0.3 is 0 Å². The molecule has 1 nitrogen and oxygen atoms in total. The number of rotatable bonds is 0. The molecule has 0 saturated heterocycles. The quantitative estimate of drug-likeness (QED) is 0.623. The maximum Gasteiger partial charge on any atom is 0.0379 e. The number of benzene rings is 1. The minimum Gasteiger partial charge on any atom is -0.398 e. The van der Waals surface area contributed by atoms with Crippen molar-refractivity contribution in [2.24, 2.45) is 0 Å². The predicted molar refractivity (Wildman–Crippen MR) is 61.6 cm³/mol. The lowest BCUT2D eigenvalue weighted by Gasteiger charge is -2.33. The van der Waals surface area contributed by atoms with Crippen LogP contribution in [0.1, 0.15) is 43.4 Å². The summed E-state index contributed by atoms with van der Waals surface area (Å²) in [4.78, 5) is 0. The Kier molecular flexibility index (Phi) is 2.06. The molecule has 14 heavy (non-hydrogen) atoms. The molecule has 0 bridgehead atoms. The molecule has 0 aliphatic heterocycles. The SMILES string of the molecule is Cc1ccc2c(c1N)CCCC2(C)C. The standard InChI is InChI=1S/C13H19N/c1-9-6-7-11-10(12(9)14)5-4-8-13(11,2)3/h6-7H,4-5,8,14H2,1-3H3. The maximum absolute atomic E-state index is 6.12. The van der Waals surface area contributed by atoms with E-state index in [1.807, 2.05) is 0 Å². The average molecular weight is 189 g/mol. The molecule has 2 rings (SSSR count). The Balaban J connectivity index is 2.62. The lowest BCUT2D eigenvalue weighted by molar-refractivity contribution is 0.432. The van der Waals surface area contributed by atoms with Crippen LogP contribution >= 0.6 is 0 Å². The van der Waals surface area contributed by atoms with Crippen molar-refractivity contribution >= 4 is 5.69 Å². The van der Waals surface area contributed by atoms with Crippen molar-refractivity contribution in [1.29, 1.82) is 0 Å². The first-order chi connectivity index (χ1) is 6.52. The van der Waals surface area contributed by atoms with Gasteiger partial charge in [0, 0.05) is 5.69 Å². The maximum atomic E-state index is 6.12. The van der Waals surface area contributed by atoms with E-state index in [0.29, 0.717) is 5.41 Å². The fourth-order valence-corrected chi connectivity index (χ4v) is 2.53. The summed E-state index contributed by atoms with van der Waals surface area (Å²) < 4.78 is 0. The number of anilines is 1. The Morgan fingerprint density at radius 2 is 2.00 bits per heavy atom. The molecule has 2 N–H and O–H groups in total. The van der Waals surface area contributed by atoms with Crippen LogP contribution in [-0.4, -0.2) is 0 Å². The average Bonchev–Trinajstić information content (AvgIpc) is 2.11. The molecule has 76 valence electrons. The summed E-state index contributed by atoms with van der Waals surface area (Å²) in [6.07, 6.45) is 3.71. The number of hydrogen-bond acceptors (Lipinski definition) is 1. The molecule has 0 fully saturated rings. The summed E-state index contributed by atoms with van der Waals surface area (Å²) in [5.74, 6) is 0. The van der Waals surface area contributed by atoms with Gasteiger partial charge in [0.05, 0.1) is 0 Å². The Labute approximate surface area is 86.3 Å². The van der Waals surface area contributed by atoms with Crippen LogP contribution in [0.5, 0.6) is 0 Å². The van der Waals surface area contributed by atoms with Crippen molar-refractivity contribution in [1.82, 2.24) is 0 Å². The monoisotopic (exact) mass is 189 g/mol. The zero-order chi connectivity index (χ0) is 10.3. The van der Waals surface area contributed by atoms with Crippen molar-refractivity contribution < 1.29 is 0 Å². The largest absolute Gasteiger partial charge is 0.398 e. The summed E-state index contributed by atoms with van der Waals surface area (Å²) in [6, 6.07) is 4.42. The van der Waals surface area contributed by atoms with Gasteiger partial charge in [-0.3, -0.25) is 0 Å². The van der Waals surface area contributed by atoms with Crippen LogP contribution in [0.3, 0.4) is 0 Å². The lowest BCUT2D eigenvalue weighted by Crippen LogP contribution is -2.24. The second-order valence-corrected chi connectivity index (χ2v) is 5.06. The van der Waals surface area contributed by atoms with Gasteiger partial charge in [0.1, 0.15) is 0 Å². The van der Waals surface area contributed by atoms with Gasteiger partial charge in [-0.1, -0.05) is 26.0 Å². The molecule has 0 radical (unpaired) electrons. The van der Waals surface area contributed by atoms with E-state index in [0.717, 1.165) is 12.1 Å². The van der Waals surface area contributed by atoms with E-state index in [1.54, 1.807) is 0 Å². The van der Waals surface area contributed by atoms with Crippen LogP contribution in [0, 0.1) is 6.92 Å². The van der Waals surface area contributed by atoms with Gasteiger partial charge in [-0.2, -0.15) is 0 Å². The summed E-state index contributed by atoms with van der Waals surface area (Å²) in [6.45, 7) is 6.73. The lowest BCUT2D eigenvalue weighted by atomic mass is 9.72. The third-order valence-electron chi connectivity index (χ3n) is 3.53. The highest BCUT2D eigenvalue weighted by atomic mass is 14.6. The van der Waals surface area contributed by atoms with Crippen molar-refractivity contribution in [3.05, 3.63) is 28.8 Å². The molecule has 1 aromatic carbocycles. The van der Waals surface area contributed by atoms with Crippen LogP contribution in [0.4, 0.5) is 5.69 Å². The third-order valence-corrected chi connectivity index (χ3v) is 3.53. The summed E-state index contributed by atoms with van der Waals surface area (Å²) in [7, 11) is 0. The van der Waals surface area contributed by atoms with E-state index < -0.39 is 0 Å². The zero-order valence-corrected chi connectivity index (χ0v) is 9.35. The summed E-state index contributed by atoms with van der Waals surface area (Å²) >= 11 is 0. The number of nitrogens with two attached hydrogens (primary N) is 1. The zero-order valence-electron chi connectivity index (χ0n) is 9.35. The van der Waals surface area contributed by atoms with E-state index in [-0.39, 0.29) is 0 Å². The van der Waals surface area contributed by atoms with E-state index in [9.17, 15) is 0 Å². The first kappa shape index (κ1) is 9.57. The van der Waals surface area contributed by atoms with Gasteiger partial charge in [-0.25, -0.2) is 0 Å². The van der Waals surface area contributed by atoms with Crippen molar-refractivity contribution in [3.8, 4) is 0 Å². The fraction of sp³-hybridized carbons (Fsp3) is 0.538. The number of aryl methyl sites for hydroxylation is 1. The number of fused-ring (bicyclic) bond motifs is 1. The number of nitrogen functional groups attached to an aromatic ring is 1. The highest BCUT2D eigenvalue weighted by Gasteiger charge is 2.28. The van der Waals surface area contributed by atoms with Gasteiger partial charge < -0.3 is 5.73 Å². The van der Waals surface area contributed by atoms with Gasteiger partial charge in [0.15, 0.2) is 0 Å². The molecule has 0 unspecified atom stereocenters. The number of hydrogen-bond donors (Lipinski definition) is 1. The Hall–Kier alpha value is -0.980. The molecule has 0 atom stereocenters. The van der Waals surface area contributed by atoms with Gasteiger partial charge in [-0.15, -0.1) is 0 Å². The van der Waals surface area contributed by atoms with E-state index in [2.05, 4.69) is 32.9 Å². The van der Waals surface area contributed by atoms with Gasteiger partial charge in [0.2, 0.25) is 0 Å². The minimum atomic E-state index is 0.315. The second-order valence-electron chi connectivity index (χ2n) is 5.06. The van der Waals surface area contributed by atoms with Crippen LogP contribution in [0.25, 0.3) is 0 Å². The molecular formula is C13H19N. The molecule has 0 spiro atoms. The molecule has 1 aliphatic rings.